The number of benzene rings is 1. The van der Waals surface area contributed by atoms with Gasteiger partial charge in [-0.3, -0.25) is 4.79 Å². The fourth-order valence-corrected chi connectivity index (χ4v) is 3.56. The number of rotatable bonds is 7. The van der Waals surface area contributed by atoms with Crippen LogP contribution < -0.4 is 0 Å². The van der Waals surface area contributed by atoms with Gasteiger partial charge in [0.05, 0.1) is 12.1 Å². The van der Waals surface area contributed by atoms with Gasteiger partial charge in [0.1, 0.15) is 10.6 Å². The minimum absolute atomic E-state index is 0.100. The molecule has 0 aliphatic heterocycles. The van der Waals surface area contributed by atoms with Gasteiger partial charge >= 0.3 is 0 Å². The molecule has 112 valence electrons. The lowest BCUT2D eigenvalue weighted by Gasteiger charge is -2.27. The van der Waals surface area contributed by atoms with E-state index >= 15 is 0 Å². The van der Waals surface area contributed by atoms with Crippen LogP contribution in [0.1, 0.15) is 47.7 Å². The van der Waals surface area contributed by atoms with Crippen LogP contribution in [0.2, 0.25) is 0 Å². The molecule has 0 spiro atoms. The monoisotopic (exact) mass is 303 g/mol. The Hall–Kier alpha value is -1.52. The van der Waals surface area contributed by atoms with Crippen LogP contribution in [0, 0.1) is 0 Å². The lowest BCUT2D eigenvalue weighted by Crippen LogP contribution is -2.26. The molecular formula is C17H21NO2S. The second kappa shape index (κ2) is 6.96. The molecule has 0 radical (unpaired) electrons. The molecule has 4 heteroatoms. The highest BCUT2D eigenvalue weighted by molar-refractivity contribution is 7.09. The molecule has 0 bridgehead atoms. The van der Waals surface area contributed by atoms with E-state index in [0.717, 1.165) is 29.1 Å². The number of carbonyl (C=O) groups is 1. The van der Waals surface area contributed by atoms with Gasteiger partial charge in [0.15, 0.2) is 5.78 Å². The van der Waals surface area contributed by atoms with Crippen molar-refractivity contribution in [1.82, 2.24) is 4.98 Å². The Morgan fingerprint density at radius 2 is 1.90 bits per heavy atom. The maximum absolute atomic E-state index is 12.2. The zero-order valence-corrected chi connectivity index (χ0v) is 13.6. The van der Waals surface area contributed by atoms with Crippen molar-refractivity contribution in [2.45, 2.75) is 38.7 Å². The molecule has 21 heavy (non-hydrogen) atoms. The Morgan fingerprint density at radius 3 is 2.48 bits per heavy atom. The van der Waals surface area contributed by atoms with Crippen molar-refractivity contribution in [3.05, 3.63) is 52.0 Å². The van der Waals surface area contributed by atoms with Gasteiger partial charge in [0, 0.05) is 18.1 Å². The molecule has 0 aliphatic rings. The third kappa shape index (κ3) is 3.39. The minimum Gasteiger partial charge on any atom is -0.371 e. The van der Waals surface area contributed by atoms with Crippen LogP contribution in [0.3, 0.4) is 0 Å². The van der Waals surface area contributed by atoms with E-state index in [9.17, 15) is 4.79 Å². The summed E-state index contributed by atoms with van der Waals surface area (Å²) in [6.45, 7) is 4.20. The molecule has 2 aromatic rings. The summed E-state index contributed by atoms with van der Waals surface area (Å²) < 4.78 is 5.69. The third-order valence-corrected chi connectivity index (χ3v) is 4.99. The Bertz CT molecular complexity index is 580. The standard InChI is InChI=1S/C17H21NO2S/c1-4-17(5-2,20-3)16-18-14(12-21-16)11-15(19)13-9-7-6-8-10-13/h6-10,12H,4-5,11H2,1-3H3. The maximum Gasteiger partial charge on any atom is 0.168 e. The fourth-order valence-electron chi connectivity index (χ4n) is 2.42. The van der Waals surface area contributed by atoms with E-state index in [1.165, 1.54) is 0 Å². The molecule has 0 aliphatic carbocycles. The number of aromatic nitrogens is 1. The largest absolute Gasteiger partial charge is 0.371 e. The second-order valence-electron chi connectivity index (χ2n) is 5.02. The number of carbonyl (C=O) groups excluding carboxylic acids is 1. The summed E-state index contributed by atoms with van der Waals surface area (Å²) in [5.41, 5.74) is 1.24. The van der Waals surface area contributed by atoms with E-state index in [1.54, 1.807) is 18.4 Å². The zero-order chi connectivity index (χ0) is 15.3. The van der Waals surface area contributed by atoms with E-state index in [1.807, 2.05) is 35.7 Å². The van der Waals surface area contributed by atoms with Gasteiger partial charge < -0.3 is 4.74 Å². The topological polar surface area (TPSA) is 39.2 Å². The maximum atomic E-state index is 12.2. The van der Waals surface area contributed by atoms with Crippen LogP contribution in [0.15, 0.2) is 35.7 Å². The molecule has 1 aromatic heterocycles. The quantitative estimate of drug-likeness (QED) is 0.719. The summed E-state index contributed by atoms with van der Waals surface area (Å²) in [7, 11) is 1.73. The lowest BCUT2D eigenvalue weighted by atomic mass is 9.98. The van der Waals surface area contributed by atoms with E-state index in [2.05, 4.69) is 18.8 Å². The average Bonchev–Trinajstić information content (AvgIpc) is 2.99. The first-order valence-electron chi connectivity index (χ1n) is 7.23. The summed E-state index contributed by atoms with van der Waals surface area (Å²) in [4.78, 5) is 16.8. The third-order valence-electron chi connectivity index (χ3n) is 3.91. The van der Waals surface area contributed by atoms with Crippen LogP contribution in [0.25, 0.3) is 0 Å². The van der Waals surface area contributed by atoms with Crippen molar-refractivity contribution in [3.63, 3.8) is 0 Å². The predicted molar refractivity (Wildman–Crippen MR) is 85.9 cm³/mol. The van der Waals surface area contributed by atoms with Crippen LogP contribution >= 0.6 is 11.3 Å². The van der Waals surface area contributed by atoms with E-state index in [-0.39, 0.29) is 11.4 Å². The number of ether oxygens (including phenoxy) is 1. The highest BCUT2D eigenvalue weighted by Gasteiger charge is 2.31. The summed E-state index contributed by atoms with van der Waals surface area (Å²) in [6.07, 6.45) is 2.09. The number of nitrogens with zero attached hydrogens (tertiary/aromatic N) is 1. The number of Topliss-reactive ketones (excluding diaryl/α,β-unsaturated/α-hetero) is 1. The van der Waals surface area contributed by atoms with Crippen molar-refractivity contribution in [2.24, 2.45) is 0 Å². The van der Waals surface area contributed by atoms with Crippen LogP contribution in [-0.2, 0) is 16.8 Å². The first-order chi connectivity index (χ1) is 10.1. The second-order valence-corrected chi connectivity index (χ2v) is 5.87. The minimum atomic E-state index is -0.321. The van der Waals surface area contributed by atoms with Gasteiger partial charge in [-0.2, -0.15) is 0 Å². The van der Waals surface area contributed by atoms with Crippen LogP contribution in [0.5, 0.6) is 0 Å². The van der Waals surface area contributed by atoms with Gasteiger partial charge in [-0.15, -0.1) is 11.3 Å². The number of hydrogen-bond acceptors (Lipinski definition) is 4. The average molecular weight is 303 g/mol. The van der Waals surface area contributed by atoms with Gasteiger partial charge in [-0.05, 0) is 12.8 Å². The molecule has 0 atom stereocenters. The summed E-state index contributed by atoms with van der Waals surface area (Å²) in [5.74, 6) is 0.100. The van der Waals surface area contributed by atoms with Gasteiger partial charge in [0.25, 0.3) is 0 Å². The predicted octanol–water partition coefficient (Wildman–Crippen LogP) is 4.23. The highest BCUT2D eigenvalue weighted by Crippen LogP contribution is 2.34. The summed E-state index contributed by atoms with van der Waals surface area (Å²) in [5, 5.41) is 2.93. The normalized spacial score (nSPS) is 11.6. The van der Waals surface area contributed by atoms with Crippen molar-refractivity contribution in [1.29, 1.82) is 0 Å². The van der Waals surface area contributed by atoms with Crippen LogP contribution in [-0.4, -0.2) is 17.9 Å². The van der Waals surface area contributed by atoms with E-state index in [0.29, 0.717) is 6.42 Å². The molecular weight excluding hydrogens is 282 g/mol. The van der Waals surface area contributed by atoms with Crippen molar-refractivity contribution < 1.29 is 9.53 Å². The molecule has 0 amide bonds. The van der Waals surface area contributed by atoms with Gasteiger partial charge in [0.2, 0.25) is 0 Å². The SMILES string of the molecule is CCC(CC)(OC)c1nc(CC(=O)c2ccccc2)cs1. The molecule has 0 saturated heterocycles. The number of thiazole rings is 1. The number of methoxy groups -OCH3 is 1. The molecule has 0 unspecified atom stereocenters. The number of hydrogen-bond donors (Lipinski definition) is 0. The van der Waals surface area contributed by atoms with Crippen molar-refractivity contribution >= 4 is 17.1 Å². The molecule has 2 rings (SSSR count). The lowest BCUT2D eigenvalue weighted by molar-refractivity contribution is -0.0219. The van der Waals surface area contributed by atoms with E-state index < -0.39 is 0 Å². The number of ketones is 1. The summed E-state index contributed by atoms with van der Waals surface area (Å²) in [6, 6.07) is 9.35. The van der Waals surface area contributed by atoms with Crippen molar-refractivity contribution in [3.8, 4) is 0 Å². The first-order valence-corrected chi connectivity index (χ1v) is 8.11. The molecule has 3 nitrogen and oxygen atoms in total. The van der Waals surface area contributed by atoms with Gasteiger partial charge in [-0.1, -0.05) is 44.2 Å². The van der Waals surface area contributed by atoms with Crippen LogP contribution in [0.4, 0.5) is 0 Å². The van der Waals surface area contributed by atoms with Crippen molar-refractivity contribution in [2.75, 3.05) is 7.11 Å². The Morgan fingerprint density at radius 1 is 1.24 bits per heavy atom. The smallest absolute Gasteiger partial charge is 0.168 e. The Kier molecular flexibility index (Phi) is 5.26. The molecule has 0 N–H and O–H groups in total. The molecule has 1 heterocycles. The fraction of sp³-hybridized carbons (Fsp3) is 0.412. The molecule has 0 saturated carbocycles. The first kappa shape index (κ1) is 15.9. The molecule has 0 fully saturated rings. The summed E-state index contributed by atoms with van der Waals surface area (Å²) >= 11 is 1.58. The Balaban J connectivity index is 2.15. The van der Waals surface area contributed by atoms with Gasteiger partial charge in [-0.25, -0.2) is 4.98 Å². The Labute approximate surface area is 130 Å². The van der Waals surface area contributed by atoms with E-state index in [4.69, 9.17) is 4.74 Å². The molecule has 1 aromatic carbocycles. The zero-order valence-electron chi connectivity index (χ0n) is 12.8. The highest BCUT2D eigenvalue weighted by atomic mass is 32.1.